The van der Waals surface area contributed by atoms with E-state index in [9.17, 15) is 5.11 Å². The van der Waals surface area contributed by atoms with Crippen LogP contribution in [0, 0.1) is 0 Å². The van der Waals surface area contributed by atoms with Crippen LogP contribution in [-0.4, -0.2) is 11.2 Å². The van der Waals surface area contributed by atoms with Crippen molar-refractivity contribution in [1.82, 2.24) is 0 Å². The van der Waals surface area contributed by atoms with Crippen LogP contribution in [0.4, 0.5) is 0 Å². The molecule has 1 aromatic carbocycles. The molecule has 0 aliphatic heterocycles. The van der Waals surface area contributed by atoms with E-state index in [4.69, 9.17) is 28.9 Å². The molecule has 0 aliphatic rings. The molecule has 0 fully saturated rings. The van der Waals surface area contributed by atoms with Crippen molar-refractivity contribution in [2.45, 2.75) is 19.1 Å². The van der Waals surface area contributed by atoms with Gasteiger partial charge in [0, 0.05) is 10.0 Å². The molecule has 0 saturated carbocycles. The fourth-order valence-electron chi connectivity index (χ4n) is 1.03. The van der Waals surface area contributed by atoms with E-state index >= 15 is 0 Å². The van der Waals surface area contributed by atoms with E-state index in [0.29, 0.717) is 15.6 Å². The van der Waals surface area contributed by atoms with Gasteiger partial charge in [0.05, 0.1) is 12.1 Å². The Hall–Kier alpha value is -0.280. The predicted octanol–water partition coefficient (Wildman–Crippen LogP) is 2.37. The molecule has 0 aliphatic carbocycles. The van der Waals surface area contributed by atoms with Crippen LogP contribution in [0.15, 0.2) is 18.2 Å². The number of nitrogens with two attached hydrogens (primary N) is 1. The molecule has 2 nitrogen and oxygen atoms in total. The van der Waals surface area contributed by atoms with Gasteiger partial charge in [-0.1, -0.05) is 23.2 Å². The summed E-state index contributed by atoms with van der Waals surface area (Å²) in [6.07, 6.45) is -0.643. The predicted molar refractivity (Wildman–Crippen MR) is 55.1 cm³/mol. The second-order valence-electron chi connectivity index (χ2n) is 2.93. The highest BCUT2D eigenvalue weighted by Gasteiger charge is 2.15. The Labute approximate surface area is 87.3 Å². The second kappa shape index (κ2) is 4.29. The molecule has 0 radical (unpaired) electrons. The number of rotatable bonds is 2. The summed E-state index contributed by atoms with van der Waals surface area (Å²) in [5, 5.41) is 10.4. The zero-order valence-electron chi connectivity index (χ0n) is 7.17. The molecular formula is C9H11Cl2NO. The molecule has 0 heterocycles. The number of aliphatic hydroxyl groups excluding tert-OH is 1. The molecule has 0 saturated heterocycles. The van der Waals surface area contributed by atoms with Gasteiger partial charge in [0.25, 0.3) is 0 Å². The Morgan fingerprint density at radius 2 is 2.00 bits per heavy atom. The van der Waals surface area contributed by atoms with Crippen molar-refractivity contribution in [1.29, 1.82) is 0 Å². The van der Waals surface area contributed by atoms with E-state index < -0.39 is 12.1 Å². The summed E-state index contributed by atoms with van der Waals surface area (Å²) in [4.78, 5) is 0. The van der Waals surface area contributed by atoms with Crippen LogP contribution in [0.5, 0.6) is 0 Å². The number of halogens is 2. The first-order valence-electron chi connectivity index (χ1n) is 3.91. The summed E-state index contributed by atoms with van der Waals surface area (Å²) >= 11 is 11.7. The Kier molecular flexibility index (Phi) is 3.56. The minimum atomic E-state index is -0.643. The minimum absolute atomic E-state index is 0.494. The van der Waals surface area contributed by atoms with Gasteiger partial charge in [-0.05, 0) is 30.7 Å². The summed E-state index contributed by atoms with van der Waals surface area (Å²) in [5.74, 6) is 0. The van der Waals surface area contributed by atoms with Crippen LogP contribution in [0.1, 0.15) is 18.5 Å². The Morgan fingerprint density at radius 3 is 2.54 bits per heavy atom. The van der Waals surface area contributed by atoms with Gasteiger partial charge >= 0.3 is 0 Å². The first kappa shape index (κ1) is 10.8. The average molecular weight is 220 g/mol. The molecule has 0 bridgehead atoms. The maximum atomic E-state index is 9.26. The molecule has 3 N–H and O–H groups in total. The van der Waals surface area contributed by atoms with E-state index in [-0.39, 0.29) is 0 Å². The van der Waals surface area contributed by atoms with E-state index in [1.54, 1.807) is 25.1 Å². The van der Waals surface area contributed by atoms with Crippen LogP contribution < -0.4 is 5.73 Å². The third kappa shape index (κ3) is 2.58. The van der Waals surface area contributed by atoms with Gasteiger partial charge in [-0.15, -0.1) is 0 Å². The van der Waals surface area contributed by atoms with Gasteiger partial charge in [0.2, 0.25) is 0 Å². The van der Waals surface area contributed by atoms with Gasteiger partial charge < -0.3 is 10.8 Å². The number of hydrogen-bond donors (Lipinski definition) is 2. The van der Waals surface area contributed by atoms with Crippen molar-refractivity contribution in [3.8, 4) is 0 Å². The molecule has 2 atom stereocenters. The summed E-state index contributed by atoms with van der Waals surface area (Å²) in [6, 6.07) is 4.52. The van der Waals surface area contributed by atoms with E-state index in [2.05, 4.69) is 0 Å². The van der Waals surface area contributed by atoms with Gasteiger partial charge in [0.1, 0.15) is 0 Å². The smallest absolute Gasteiger partial charge is 0.0705 e. The van der Waals surface area contributed by atoms with Crippen molar-refractivity contribution in [2.75, 3.05) is 0 Å². The molecule has 72 valence electrons. The SMILES string of the molecule is C[C@H](O)[C@H](N)c1cc(Cl)ccc1Cl. The fourth-order valence-corrected chi connectivity index (χ4v) is 1.45. The topological polar surface area (TPSA) is 46.2 Å². The number of aliphatic hydroxyl groups is 1. The van der Waals surface area contributed by atoms with Crippen LogP contribution in [0.2, 0.25) is 10.0 Å². The summed E-state index contributed by atoms with van der Waals surface area (Å²) in [5.41, 5.74) is 6.38. The molecule has 4 heteroatoms. The quantitative estimate of drug-likeness (QED) is 0.803. The maximum absolute atomic E-state index is 9.26. The molecule has 0 spiro atoms. The van der Waals surface area contributed by atoms with Crippen molar-refractivity contribution in [2.24, 2.45) is 5.73 Å². The highest BCUT2D eigenvalue weighted by atomic mass is 35.5. The largest absolute Gasteiger partial charge is 0.391 e. The van der Waals surface area contributed by atoms with Crippen molar-refractivity contribution >= 4 is 23.2 Å². The fraction of sp³-hybridized carbons (Fsp3) is 0.333. The normalized spacial score (nSPS) is 15.5. The summed E-state index contributed by atoms with van der Waals surface area (Å²) < 4.78 is 0. The number of benzene rings is 1. The van der Waals surface area contributed by atoms with E-state index in [1.807, 2.05) is 0 Å². The lowest BCUT2D eigenvalue weighted by atomic mass is 10.0. The Balaban J connectivity index is 3.05. The summed E-state index contributed by atoms with van der Waals surface area (Å²) in [6.45, 7) is 1.61. The van der Waals surface area contributed by atoms with Crippen LogP contribution in [0.3, 0.4) is 0 Å². The Morgan fingerprint density at radius 1 is 1.38 bits per heavy atom. The molecule has 13 heavy (non-hydrogen) atoms. The van der Waals surface area contributed by atoms with Gasteiger partial charge in [0.15, 0.2) is 0 Å². The van der Waals surface area contributed by atoms with Crippen molar-refractivity contribution in [3.05, 3.63) is 33.8 Å². The lowest BCUT2D eigenvalue weighted by Gasteiger charge is -2.16. The maximum Gasteiger partial charge on any atom is 0.0705 e. The first-order chi connectivity index (χ1) is 6.02. The van der Waals surface area contributed by atoms with Gasteiger partial charge in [-0.2, -0.15) is 0 Å². The zero-order valence-corrected chi connectivity index (χ0v) is 8.68. The molecule has 1 aromatic rings. The second-order valence-corrected chi connectivity index (χ2v) is 3.78. The molecule has 1 rings (SSSR count). The Bertz CT molecular complexity index is 302. The molecular weight excluding hydrogens is 209 g/mol. The minimum Gasteiger partial charge on any atom is -0.391 e. The molecule has 0 unspecified atom stereocenters. The molecule has 0 amide bonds. The van der Waals surface area contributed by atoms with Crippen molar-refractivity contribution in [3.63, 3.8) is 0 Å². The lowest BCUT2D eigenvalue weighted by Crippen LogP contribution is -2.23. The molecule has 0 aromatic heterocycles. The standard InChI is InChI=1S/C9H11Cl2NO/c1-5(13)9(12)7-4-6(10)2-3-8(7)11/h2-5,9,13H,12H2,1H3/t5-,9-/m0/s1. The van der Waals surface area contributed by atoms with Crippen LogP contribution in [0.25, 0.3) is 0 Å². The van der Waals surface area contributed by atoms with Crippen LogP contribution in [-0.2, 0) is 0 Å². The third-order valence-corrected chi connectivity index (χ3v) is 2.42. The summed E-state index contributed by atoms with van der Waals surface area (Å²) in [7, 11) is 0. The first-order valence-corrected chi connectivity index (χ1v) is 4.66. The van der Waals surface area contributed by atoms with E-state index in [0.717, 1.165) is 0 Å². The average Bonchev–Trinajstić information content (AvgIpc) is 2.08. The van der Waals surface area contributed by atoms with Gasteiger partial charge in [-0.25, -0.2) is 0 Å². The van der Waals surface area contributed by atoms with Crippen LogP contribution >= 0.6 is 23.2 Å². The van der Waals surface area contributed by atoms with Crippen molar-refractivity contribution < 1.29 is 5.11 Å². The highest BCUT2D eigenvalue weighted by molar-refractivity contribution is 6.33. The van der Waals surface area contributed by atoms with E-state index in [1.165, 1.54) is 0 Å². The zero-order chi connectivity index (χ0) is 10.0. The monoisotopic (exact) mass is 219 g/mol. The lowest BCUT2D eigenvalue weighted by molar-refractivity contribution is 0.164. The third-order valence-electron chi connectivity index (χ3n) is 1.84. The number of hydrogen-bond acceptors (Lipinski definition) is 2. The highest BCUT2D eigenvalue weighted by Crippen LogP contribution is 2.26. The van der Waals surface area contributed by atoms with Gasteiger partial charge in [-0.3, -0.25) is 0 Å².